The number of nitrogens with zero attached hydrogens (tertiary/aromatic N) is 2. The number of nitrogens with one attached hydrogen (secondary N) is 1. The molecule has 0 radical (unpaired) electrons. The molecule has 0 fully saturated rings. The van der Waals surface area contributed by atoms with Crippen molar-refractivity contribution in [1.82, 2.24) is 4.98 Å². The monoisotopic (exact) mass is 349 g/mol. The first kappa shape index (κ1) is 18.5. The first-order valence-corrected chi connectivity index (χ1v) is 7.57. The Hall–Kier alpha value is -3.79. The Balaban J connectivity index is 2.04. The van der Waals surface area contributed by atoms with E-state index in [1.54, 1.807) is 48.5 Å². The molecule has 0 aliphatic rings. The average molecular weight is 349 g/mol. The van der Waals surface area contributed by atoms with E-state index in [0.29, 0.717) is 11.1 Å². The van der Waals surface area contributed by atoms with E-state index >= 15 is 0 Å². The van der Waals surface area contributed by atoms with Crippen molar-refractivity contribution in [2.75, 3.05) is 12.4 Å². The molecule has 0 saturated carbocycles. The number of ketones is 1. The van der Waals surface area contributed by atoms with Crippen LogP contribution in [0, 0.1) is 17.2 Å². The number of ether oxygens (including phenoxy) is 1. The maximum Gasteiger partial charge on any atom is 0.337 e. The van der Waals surface area contributed by atoms with Gasteiger partial charge in [0.15, 0.2) is 11.7 Å². The molecule has 0 aliphatic carbocycles. The minimum absolute atomic E-state index is 0.257. The summed E-state index contributed by atoms with van der Waals surface area (Å²) in [6.45, 7) is 0. The average Bonchev–Trinajstić information content (AvgIpc) is 2.67. The van der Waals surface area contributed by atoms with E-state index in [-0.39, 0.29) is 5.82 Å². The molecule has 0 bridgehead atoms. The van der Waals surface area contributed by atoms with E-state index in [0.717, 1.165) is 6.08 Å². The van der Waals surface area contributed by atoms with Crippen LogP contribution in [0.25, 0.3) is 6.08 Å². The van der Waals surface area contributed by atoms with E-state index in [9.17, 15) is 14.4 Å². The zero-order valence-electron chi connectivity index (χ0n) is 13.9. The molecule has 0 aliphatic heterocycles. The number of pyridine rings is 1. The van der Waals surface area contributed by atoms with Gasteiger partial charge in [0.25, 0.3) is 5.91 Å². The SMILES string of the molecule is COC(=O)c1ccc(/C=C/C(=O)[C@@H](C#N)C(=O)Nc2ccccn2)cc1. The van der Waals surface area contributed by atoms with Gasteiger partial charge < -0.3 is 10.1 Å². The number of esters is 1. The molecule has 1 heterocycles. The summed E-state index contributed by atoms with van der Waals surface area (Å²) >= 11 is 0. The maximum atomic E-state index is 12.1. The Morgan fingerprint density at radius 3 is 2.50 bits per heavy atom. The third-order valence-electron chi connectivity index (χ3n) is 3.36. The molecule has 2 aromatic rings. The lowest BCUT2D eigenvalue weighted by atomic mass is 10.0. The fourth-order valence-corrected chi connectivity index (χ4v) is 2.01. The summed E-state index contributed by atoms with van der Waals surface area (Å²) in [6.07, 6.45) is 4.09. The number of hydrogen-bond acceptors (Lipinski definition) is 6. The molecule has 0 unspecified atom stereocenters. The Kier molecular flexibility index (Phi) is 6.34. The number of anilines is 1. The maximum absolute atomic E-state index is 12.1. The van der Waals surface area contributed by atoms with E-state index < -0.39 is 23.6 Å². The number of hydrogen-bond donors (Lipinski definition) is 1. The number of carbonyl (C=O) groups excluding carboxylic acids is 3. The predicted molar refractivity (Wildman–Crippen MR) is 93.8 cm³/mol. The molecule has 1 aromatic heterocycles. The second-order valence-electron chi connectivity index (χ2n) is 5.12. The van der Waals surface area contributed by atoms with Gasteiger partial charge in [-0.15, -0.1) is 0 Å². The van der Waals surface area contributed by atoms with E-state index in [4.69, 9.17) is 5.26 Å². The number of nitriles is 1. The van der Waals surface area contributed by atoms with Gasteiger partial charge in [0.1, 0.15) is 5.82 Å². The minimum Gasteiger partial charge on any atom is -0.465 e. The van der Waals surface area contributed by atoms with Crippen molar-refractivity contribution in [3.63, 3.8) is 0 Å². The normalized spacial score (nSPS) is 11.4. The minimum atomic E-state index is -1.48. The molecule has 1 atom stereocenters. The van der Waals surface area contributed by atoms with Crippen molar-refractivity contribution >= 4 is 29.6 Å². The first-order valence-electron chi connectivity index (χ1n) is 7.57. The van der Waals surface area contributed by atoms with Gasteiger partial charge in [-0.05, 0) is 35.9 Å². The summed E-state index contributed by atoms with van der Waals surface area (Å²) in [4.78, 5) is 39.5. The topological polar surface area (TPSA) is 109 Å². The zero-order valence-corrected chi connectivity index (χ0v) is 13.9. The lowest BCUT2D eigenvalue weighted by molar-refractivity contribution is -0.126. The highest BCUT2D eigenvalue weighted by Crippen LogP contribution is 2.10. The fourth-order valence-electron chi connectivity index (χ4n) is 2.01. The van der Waals surface area contributed by atoms with Gasteiger partial charge >= 0.3 is 5.97 Å². The summed E-state index contributed by atoms with van der Waals surface area (Å²) < 4.78 is 4.60. The number of benzene rings is 1. The molecule has 1 amide bonds. The van der Waals surface area contributed by atoms with Crippen LogP contribution in [-0.4, -0.2) is 29.8 Å². The summed E-state index contributed by atoms with van der Waals surface area (Å²) in [5.41, 5.74) is 1.01. The van der Waals surface area contributed by atoms with Gasteiger partial charge in [-0.1, -0.05) is 24.3 Å². The number of allylic oxidation sites excluding steroid dienone is 1. The molecule has 7 heteroatoms. The summed E-state index contributed by atoms with van der Waals surface area (Å²) in [5, 5.41) is 11.5. The first-order chi connectivity index (χ1) is 12.5. The second-order valence-corrected chi connectivity index (χ2v) is 5.12. The predicted octanol–water partition coefficient (Wildman–Crippen LogP) is 2.23. The van der Waals surface area contributed by atoms with Crippen LogP contribution in [0.1, 0.15) is 15.9 Å². The van der Waals surface area contributed by atoms with Crippen LogP contribution in [0.2, 0.25) is 0 Å². The van der Waals surface area contributed by atoms with E-state index in [2.05, 4.69) is 15.0 Å². The third-order valence-corrected chi connectivity index (χ3v) is 3.36. The number of carbonyl (C=O) groups is 3. The second kappa shape index (κ2) is 8.89. The van der Waals surface area contributed by atoms with Gasteiger partial charge in [0.05, 0.1) is 18.7 Å². The lowest BCUT2D eigenvalue weighted by Gasteiger charge is -2.06. The van der Waals surface area contributed by atoms with Crippen molar-refractivity contribution in [2.45, 2.75) is 0 Å². The summed E-state index contributed by atoms with van der Waals surface area (Å²) in [6, 6.07) is 12.9. The molecule has 130 valence electrons. The van der Waals surface area contributed by atoms with Gasteiger partial charge in [0.2, 0.25) is 0 Å². The van der Waals surface area contributed by atoms with Gasteiger partial charge in [-0.3, -0.25) is 9.59 Å². The highest BCUT2D eigenvalue weighted by atomic mass is 16.5. The number of rotatable bonds is 6. The van der Waals surface area contributed by atoms with Crippen LogP contribution >= 0.6 is 0 Å². The van der Waals surface area contributed by atoms with Crippen LogP contribution < -0.4 is 5.32 Å². The Morgan fingerprint density at radius 1 is 1.19 bits per heavy atom. The molecule has 2 rings (SSSR count). The van der Waals surface area contributed by atoms with Gasteiger partial charge in [0, 0.05) is 6.20 Å². The largest absolute Gasteiger partial charge is 0.465 e. The zero-order chi connectivity index (χ0) is 18.9. The fraction of sp³-hybridized carbons (Fsp3) is 0.105. The van der Waals surface area contributed by atoms with Crippen molar-refractivity contribution in [3.8, 4) is 6.07 Å². The van der Waals surface area contributed by atoms with Crippen molar-refractivity contribution in [1.29, 1.82) is 5.26 Å². The molecular weight excluding hydrogens is 334 g/mol. The highest BCUT2D eigenvalue weighted by Gasteiger charge is 2.24. The van der Waals surface area contributed by atoms with Crippen molar-refractivity contribution in [3.05, 3.63) is 65.9 Å². The molecule has 1 aromatic carbocycles. The van der Waals surface area contributed by atoms with Crippen LogP contribution in [0.3, 0.4) is 0 Å². The van der Waals surface area contributed by atoms with Crippen LogP contribution in [-0.2, 0) is 14.3 Å². The van der Waals surface area contributed by atoms with Gasteiger partial charge in [-0.2, -0.15) is 5.26 Å². The number of methoxy groups -OCH3 is 1. The standard InChI is InChI=1S/C19H15N3O4/c1-26-19(25)14-8-5-13(6-9-14)7-10-16(23)15(12-20)18(24)22-17-4-2-3-11-21-17/h2-11,15H,1H3,(H,21,22,24)/b10-7+/t15-/m1/s1. The number of amides is 1. The van der Waals surface area contributed by atoms with Crippen LogP contribution in [0.4, 0.5) is 5.82 Å². The Labute approximate surface area is 149 Å². The lowest BCUT2D eigenvalue weighted by Crippen LogP contribution is -2.27. The Bertz CT molecular complexity index is 868. The molecule has 0 saturated heterocycles. The van der Waals surface area contributed by atoms with E-state index in [1.807, 2.05) is 0 Å². The smallest absolute Gasteiger partial charge is 0.337 e. The van der Waals surface area contributed by atoms with Crippen LogP contribution in [0.15, 0.2) is 54.7 Å². The summed E-state index contributed by atoms with van der Waals surface area (Å²) in [7, 11) is 1.28. The van der Waals surface area contributed by atoms with Gasteiger partial charge in [-0.25, -0.2) is 9.78 Å². The highest BCUT2D eigenvalue weighted by molar-refractivity contribution is 6.14. The third kappa shape index (κ3) is 4.85. The quantitative estimate of drug-likeness (QED) is 0.486. The summed E-state index contributed by atoms with van der Waals surface area (Å²) in [5.74, 6) is -3.09. The van der Waals surface area contributed by atoms with Crippen LogP contribution in [0.5, 0.6) is 0 Å². The molecule has 1 N–H and O–H groups in total. The number of aromatic nitrogens is 1. The van der Waals surface area contributed by atoms with Crippen molar-refractivity contribution < 1.29 is 19.1 Å². The molecule has 0 spiro atoms. The Morgan fingerprint density at radius 2 is 1.92 bits per heavy atom. The van der Waals surface area contributed by atoms with Crippen molar-refractivity contribution in [2.24, 2.45) is 5.92 Å². The molecule has 26 heavy (non-hydrogen) atoms. The molecule has 7 nitrogen and oxygen atoms in total. The van der Waals surface area contributed by atoms with E-state index in [1.165, 1.54) is 19.4 Å². The molecular formula is C19H15N3O4.